The number of benzene rings is 1. The molecule has 5 saturated carbocycles. The van der Waals surface area contributed by atoms with Gasteiger partial charge in [0.1, 0.15) is 90.7 Å². The van der Waals surface area contributed by atoms with Gasteiger partial charge >= 0.3 is 5.97 Å². The molecule has 20 nitrogen and oxygen atoms in total. The molecule has 20 heteroatoms. The summed E-state index contributed by atoms with van der Waals surface area (Å²) in [7, 11) is 0. The first-order chi connectivity index (χ1) is 34.7. The number of aliphatic hydroxyl groups excluding tert-OH is 9. The van der Waals surface area contributed by atoms with Crippen LogP contribution in [0.25, 0.3) is 0 Å². The number of carbonyl (C=O) groups is 2. The normalized spacial score (nSPS) is 54.5. The van der Waals surface area contributed by atoms with Gasteiger partial charge in [0.25, 0.3) is 0 Å². The smallest absolute Gasteiger partial charge is 0.338 e. The van der Waals surface area contributed by atoms with E-state index >= 15 is 0 Å². The van der Waals surface area contributed by atoms with Crippen LogP contribution in [0.15, 0.2) is 30.3 Å². The third-order valence-corrected chi connectivity index (χ3v) is 21.6. The lowest BCUT2D eigenvalue weighted by Gasteiger charge is -2.74. The first-order valence-corrected chi connectivity index (χ1v) is 26.7. The Kier molecular flexibility index (Phi) is 14.1. The van der Waals surface area contributed by atoms with Gasteiger partial charge in [-0.05, 0) is 105 Å². The molecule has 26 unspecified atom stereocenters. The fraction of sp³-hybridized carbons (Fsp3) is 0.852. The van der Waals surface area contributed by atoms with Crippen LogP contribution in [-0.2, 0) is 42.7 Å². The Morgan fingerprint density at radius 2 is 1.32 bits per heavy atom. The minimum absolute atomic E-state index is 0.0885. The minimum atomic E-state index is -1.85. The van der Waals surface area contributed by atoms with E-state index < -0.39 is 150 Å². The monoisotopic (exact) mass is 1050 g/mol. The molecule has 1 aromatic carbocycles. The molecule has 0 amide bonds. The van der Waals surface area contributed by atoms with Crippen LogP contribution in [0.3, 0.4) is 0 Å². The van der Waals surface area contributed by atoms with Crippen molar-refractivity contribution in [1.82, 2.24) is 0 Å². The van der Waals surface area contributed by atoms with E-state index in [4.69, 9.17) is 37.9 Å². The SMILES string of the molecule is CC1(C=O)CC2(O)C(C)(CCC3(C)C4(C)CCC5C(C)(C)C(OC6OCC(OC7OC(CO)C(O)C(O)C7O)C(O)C6OC6OC(CO)C(O)C(O)C6O)CCC5(C)C4CC4OC432)CC1OC(=O)c1ccccc1. The van der Waals surface area contributed by atoms with E-state index in [2.05, 4.69) is 41.5 Å². The van der Waals surface area contributed by atoms with Gasteiger partial charge in [-0.15, -0.1) is 0 Å². The van der Waals surface area contributed by atoms with Crippen LogP contribution in [0.1, 0.15) is 117 Å². The molecule has 9 fully saturated rings. The molecule has 26 atom stereocenters. The fourth-order valence-electron chi connectivity index (χ4n) is 16.9. The summed E-state index contributed by atoms with van der Waals surface area (Å²) >= 11 is 0. The molecule has 4 saturated heterocycles. The summed E-state index contributed by atoms with van der Waals surface area (Å²) in [5, 5.41) is 109. The quantitative estimate of drug-likeness (QED) is 0.0629. The van der Waals surface area contributed by atoms with E-state index in [1.807, 2.05) is 6.07 Å². The molecule has 0 bridgehead atoms. The summed E-state index contributed by atoms with van der Waals surface area (Å²) in [6, 6.07) is 8.73. The molecule has 4 aliphatic heterocycles. The predicted octanol–water partition coefficient (Wildman–Crippen LogP) is 0.621. The lowest BCUT2D eigenvalue weighted by molar-refractivity contribution is -0.382. The zero-order chi connectivity index (χ0) is 53.5. The Hall–Kier alpha value is -2.32. The molecule has 1 aromatic rings. The highest BCUT2D eigenvalue weighted by Gasteiger charge is 2.89. The first kappa shape index (κ1) is 55.0. The van der Waals surface area contributed by atoms with E-state index in [0.29, 0.717) is 31.2 Å². The van der Waals surface area contributed by atoms with E-state index in [1.165, 1.54) is 0 Å². The number of hydrogen-bond donors (Lipinski definition) is 10. The van der Waals surface area contributed by atoms with E-state index in [9.17, 15) is 60.7 Å². The molecule has 9 aliphatic rings. The van der Waals surface area contributed by atoms with E-state index in [-0.39, 0.29) is 41.8 Å². The average molecular weight is 1050 g/mol. The Morgan fingerprint density at radius 3 is 1.93 bits per heavy atom. The second kappa shape index (κ2) is 18.9. The Balaban J connectivity index is 0.889. The maximum atomic E-state index is 13.6. The summed E-state index contributed by atoms with van der Waals surface area (Å²) in [5.74, 6) is -0.257. The maximum Gasteiger partial charge on any atom is 0.338 e. The Bertz CT molecular complexity index is 2240. The zero-order valence-corrected chi connectivity index (χ0v) is 43.5. The van der Waals surface area contributed by atoms with Gasteiger partial charge in [0.2, 0.25) is 0 Å². The van der Waals surface area contributed by atoms with Gasteiger partial charge in [0.05, 0.1) is 43.0 Å². The summed E-state index contributed by atoms with van der Waals surface area (Å²) < 4.78 is 49.9. The summed E-state index contributed by atoms with van der Waals surface area (Å²) in [6.45, 7) is 13.4. The third kappa shape index (κ3) is 7.85. The lowest BCUT2D eigenvalue weighted by Crippen LogP contribution is -2.78. The van der Waals surface area contributed by atoms with Gasteiger partial charge in [-0.25, -0.2) is 4.79 Å². The Morgan fingerprint density at radius 1 is 0.703 bits per heavy atom. The molecule has 4 heterocycles. The molecule has 0 radical (unpaired) electrons. The highest BCUT2D eigenvalue weighted by Crippen LogP contribution is 2.84. The second-order valence-corrected chi connectivity index (χ2v) is 25.5. The van der Waals surface area contributed by atoms with Crippen LogP contribution in [-0.4, -0.2) is 199 Å². The van der Waals surface area contributed by atoms with Crippen LogP contribution >= 0.6 is 0 Å². The van der Waals surface area contributed by atoms with Crippen molar-refractivity contribution in [1.29, 1.82) is 0 Å². The number of hydrogen-bond acceptors (Lipinski definition) is 20. The highest BCUT2D eigenvalue weighted by molar-refractivity contribution is 5.89. The summed E-state index contributed by atoms with van der Waals surface area (Å²) in [5.41, 5.74) is -5.44. The van der Waals surface area contributed by atoms with E-state index in [0.717, 1.165) is 32.0 Å². The van der Waals surface area contributed by atoms with Crippen molar-refractivity contribution >= 4 is 12.3 Å². The first-order valence-electron chi connectivity index (χ1n) is 26.7. The van der Waals surface area contributed by atoms with E-state index in [1.54, 1.807) is 31.2 Å². The van der Waals surface area contributed by atoms with Crippen LogP contribution in [0, 0.1) is 44.3 Å². The summed E-state index contributed by atoms with van der Waals surface area (Å²) in [6.07, 6.45) is -17.8. The van der Waals surface area contributed by atoms with Crippen LogP contribution in [0.2, 0.25) is 0 Å². The second-order valence-electron chi connectivity index (χ2n) is 25.5. The third-order valence-electron chi connectivity index (χ3n) is 21.6. The van der Waals surface area contributed by atoms with Crippen LogP contribution in [0.4, 0.5) is 0 Å². The molecule has 10 N–H and O–H groups in total. The fourth-order valence-corrected chi connectivity index (χ4v) is 16.9. The number of ether oxygens (including phenoxy) is 8. The van der Waals surface area contributed by atoms with Gasteiger partial charge in [0, 0.05) is 10.8 Å². The Labute approximate surface area is 431 Å². The van der Waals surface area contributed by atoms with Crippen LogP contribution < -0.4 is 0 Å². The number of rotatable bonds is 11. The average Bonchev–Trinajstić information content (AvgIpc) is 4.13. The van der Waals surface area contributed by atoms with Crippen molar-refractivity contribution in [2.75, 3.05) is 19.8 Å². The van der Waals surface area contributed by atoms with Crippen molar-refractivity contribution < 1.29 is 98.5 Å². The molecular weight excluding hydrogens is 969 g/mol. The summed E-state index contributed by atoms with van der Waals surface area (Å²) in [4.78, 5) is 26.7. The molecule has 5 aliphatic carbocycles. The maximum absolute atomic E-state index is 13.6. The standard InChI is InChI=1S/C54H80O20/c1-47(2)30-13-16-51(6)31(19-33-54(74-33)52(51,7)18-17-49(4)20-34(48(3,25-57)24-53(49,54)66)71-43(65)26-11-9-8-10-12-26)50(30,5)15-14-32(47)72-46-42(73-45-41(64)39(62)36(59)28(22-56)69-45)37(60)29(23-67-46)70-44-40(63)38(61)35(58)27(21-55)68-44/h8-12,25,27-42,44-46,55-56,58-64,66H,13-24H2,1-7H3. The van der Waals surface area contributed by atoms with Crippen molar-refractivity contribution in [3.8, 4) is 0 Å². The van der Waals surface area contributed by atoms with Gasteiger partial charge in [-0.1, -0.05) is 59.7 Å². The number of esters is 1. The molecule has 416 valence electrons. The number of aliphatic hydroxyl groups is 10. The number of fused-ring (bicyclic) bond motifs is 5. The van der Waals surface area contributed by atoms with Crippen molar-refractivity contribution in [2.45, 2.75) is 222 Å². The van der Waals surface area contributed by atoms with Gasteiger partial charge in [0.15, 0.2) is 18.9 Å². The molecule has 1 spiro atoms. The molecule has 0 aromatic heterocycles. The zero-order valence-electron chi connectivity index (χ0n) is 43.5. The van der Waals surface area contributed by atoms with Crippen molar-refractivity contribution in [3.63, 3.8) is 0 Å². The minimum Gasteiger partial charge on any atom is -0.458 e. The van der Waals surface area contributed by atoms with Gasteiger partial charge in [-0.2, -0.15) is 0 Å². The van der Waals surface area contributed by atoms with Crippen molar-refractivity contribution in [3.05, 3.63) is 35.9 Å². The lowest BCUT2D eigenvalue weighted by atomic mass is 9.30. The largest absolute Gasteiger partial charge is 0.458 e. The van der Waals surface area contributed by atoms with Gasteiger partial charge in [-0.3, -0.25) is 0 Å². The number of aldehydes is 1. The predicted molar refractivity (Wildman–Crippen MR) is 255 cm³/mol. The molecule has 74 heavy (non-hydrogen) atoms. The molecular formula is C54H80O20. The number of carbonyl (C=O) groups excluding carboxylic acids is 2. The molecule has 10 rings (SSSR count). The van der Waals surface area contributed by atoms with Gasteiger partial charge < -0.3 is 93.8 Å². The number of epoxide rings is 1. The highest BCUT2D eigenvalue weighted by atomic mass is 16.8. The van der Waals surface area contributed by atoms with Crippen LogP contribution in [0.5, 0.6) is 0 Å². The topological polar surface area (TPSA) is 314 Å². The van der Waals surface area contributed by atoms with Crippen molar-refractivity contribution in [2.24, 2.45) is 44.3 Å².